The Kier molecular flexibility index (Phi) is 26.4. The molecule has 0 bridgehead atoms. The number of hydrogen-bond acceptors (Lipinski definition) is 28. The Bertz CT molecular complexity index is 3170. The molecule has 0 unspecified atom stereocenters. The Labute approximate surface area is 586 Å². The standard InChI is InChI=1S/C68H99N5O28/c1-20-41-49(88-33(5)76)52(89-34(6)77)45(71-63(84)100-67(14,15)16)58(91-41)96-50-42(21-2)92-60(55(50)90-35(7)78)97-54-47(87-32(4)75)36(29-40(79)43(86-31(3)74)26-27-69-61(82)98-65(8,9)10)28-39(70-62(83)99-66(11,12)13)48(54)95-59-46(72-64(85)101-68(17,18)19)53-51(94-53)44(93-59)30-73-56(80)37-24-22-23-25-38(37)57(73)81/h22-25,36,39,41-55,58-60H,20-21,26-30H2,1-19H3,(H,69,82)(H,70,83)(H,71,84)(H,72,85)/t36-,39-,41-,42+,43-,44+,45+,46+,47-,48+,49+,50+,51-,52+,53+,54+,55+,58+,59+,60-/m0/s1. The molecule has 33 heteroatoms. The molecule has 6 amide bonds. The first kappa shape index (κ1) is 80.5. The van der Waals surface area contributed by atoms with Gasteiger partial charge in [0.2, 0.25) is 0 Å². The quantitative estimate of drug-likeness (QED) is 0.0433. The maximum absolute atomic E-state index is 15.0. The summed E-state index contributed by atoms with van der Waals surface area (Å²) in [5.74, 6) is -7.83. The van der Waals surface area contributed by atoms with Gasteiger partial charge in [-0.05, 0) is 114 Å². The molecule has 101 heavy (non-hydrogen) atoms. The van der Waals surface area contributed by atoms with Gasteiger partial charge in [-0.15, -0.1) is 0 Å². The zero-order valence-corrected chi connectivity index (χ0v) is 60.7. The smallest absolute Gasteiger partial charge is 0.408 e. The van der Waals surface area contributed by atoms with Crippen molar-refractivity contribution in [2.45, 2.75) is 302 Å². The highest BCUT2D eigenvalue weighted by Gasteiger charge is 2.63. The number of alkyl carbamates (subject to hydrolysis) is 4. The first-order valence-corrected chi connectivity index (χ1v) is 33.8. The number of ketones is 1. The van der Waals surface area contributed by atoms with Gasteiger partial charge in [-0.1, -0.05) is 26.0 Å². The predicted molar refractivity (Wildman–Crippen MR) is 345 cm³/mol. The predicted octanol–water partition coefficient (Wildman–Crippen LogP) is 5.43. The fraction of sp³-hybridized carbons (Fsp3) is 0.735. The van der Waals surface area contributed by atoms with Gasteiger partial charge < -0.3 is 97.1 Å². The van der Waals surface area contributed by atoms with Crippen LogP contribution in [0.2, 0.25) is 0 Å². The van der Waals surface area contributed by atoms with Crippen molar-refractivity contribution in [3.63, 3.8) is 0 Å². The average molecular weight is 1430 g/mol. The largest absolute Gasteiger partial charge is 0.459 e. The molecule has 1 aromatic rings. The number of imide groups is 1. The monoisotopic (exact) mass is 1430 g/mol. The van der Waals surface area contributed by atoms with E-state index in [4.69, 9.17) is 75.8 Å². The van der Waals surface area contributed by atoms with Crippen LogP contribution in [-0.4, -0.2) is 229 Å². The minimum atomic E-state index is -1.89. The molecule has 5 fully saturated rings. The minimum absolute atomic E-state index is 0.0169. The number of carbonyl (C=O) groups is 12. The molecule has 1 aromatic carbocycles. The second kappa shape index (κ2) is 33.1. The van der Waals surface area contributed by atoms with E-state index in [0.717, 1.165) is 39.5 Å². The average Bonchev–Trinajstić information content (AvgIpc) is 1.63. The van der Waals surface area contributed by atoms with Crippen molar-refractivity contribution in [1.29, 1.82) is 0 Å². The van der Waals surface area contributed by atoms with Gasteiger partial charge in [-0.3, -0.25) is 43.3 Å². The third-order valence-electron chi connectivity index (χ3n) is 16.3. The third kappa shape index (κ3) is 22.3. The zero-order valence-electron chi connectivity index (χ0n) is 60.7. The van der Waals surface area contributed by atoms with E-state index in [9.17, 15) is 57.5 Å². The Morgan fingerprint density at radius 1 is 0.485 bits per heavy atom. The topological polar surface area (TPSA) is 407 Å². The number of fused-ring (bicyclic) bond motifs is 2. The molecule has 1 saturated carbocycles. The summed E-state index contributed by atoms with van der Waals surface area (Å²) in [6.07, 6.45) is -29.0. The Morgan fingerprint density at radius 2 is 0.921 bits per heavy atom. The van der Waals surface area contributed by atoms with Crippen molar-refractivity contribution < 1.29 is 133 Å². The lowest BCUT2D eigenvalue weighted by molar-refractivity contribution is -0.297. The highest BCUT2D eigenvalue weighted by molar-refractivity contribution is 6.21. The van der Waals surface area contributed by atoms with Crippen molar-refractivity contribution in [3.8, 4) is 0 Å². The van der Waals surface area contributed by atoms with Crippen LogP contribution in [0.3, 0.4) is 0 Å². The summed E-state index contributed by atoms with van der Waals surface area (Å²) in [7, 11) is 0. The molecule has 5 aliphatic heterocycles. The van der Waals surface area contributed by atoms with Crippen LogP contribution < -0.4 is 21.3 Å². The molecule has 0 aromatic heterocycles. The molecular formula is C68H99N5O28. The second-order valence-corrected chi connectivity index (χ2v) is 29.5. The zero-order chi connectivity index (χ0) is 75.1. The van der Waals surface area contributed by atoms with Crippen molar-refractivity contribution >= 4 is 71.8 Å². The Hall–Kier alpha value is -7.82. The number of rotatable bonds is 24. The van der Waals surface area contributed by atoms with Crippen molar-refractivity contribution in [2.24, 2.45) is 5.92 Å². The van der Waals surface area contributed by atoms with Crippen LogP contribution in [0.25, 0.3) is 0 Å². The van der Waals surface area contributed by atoms with Gasteiger partial charge in [-0.25, -0.2) is 19.2 Å². The summed E-state index contributed by atoms with van der Waals surface area (Å²) in [4.78, 5) is 165. The summed E-state index contributed by atoms with van der Waals surface area (Å²) in [5, 5.41) is 10.8. The molecule has 33 nitrogen and oxygen atoms in total. The molecule has 0 radical (unpaired) electrons. The van der Waals surface area contributed by atoms with Crippen LogP contribution in [0.15, 0.2) is 24.3 Å². The Balaban J connectivity index is 1.39. The summed E-state index contributed by atoms with van der Waals surface area (Å²) in [5.41, 5.74) is -3.99. The van der Waals surface area contributed by atoms with Crippen molar-refractivity contribution in [3.05, 3.63) is 35.4 Å². The highest BCUT2D eigenvalue weighted by Crippen LogP contribution is 2.44. The number of esters is 5. The second-order valence-electron chi connectivity index (χ2n) is 29.5. The Morgan fingerprint density at radius 3 is 1.44 bits per heavy atom. The van der Waals surface area contributed by atoms with Gasteiger partial charge in [0.1, 0.15) is 83.3 Å². The summed E-state index contributed by atoms with van der Waals surface area (Å²) in [6.45, 7) is 27.4. The lowest BCUT2D eigenvalue weighted by Crippen LogP contribution is -2.67. The van der Waals surface area contributed by atoms with E-state index in [2.05, 4.69) is 21.3 Å². The van der Waals surface area contributed by atoms with Gasteiger partial charge in [0.25, 0.3) is 11.8 Å². The third-order valence-corrected chi connectivity index (χ3v) is 16.3. The first-order chi connectivity index (χ1) is 46.9. The lowest BCUT2D eigenvalue weighted by atomic mass is 9.76. The number of nitrogens with zero attached hydrogens (tertiary/aromatic N) is 1. The van der Waals surface area contributed by atoms with E-state index in [1.165, 1.54) is 12.1 Å². The van der Waals surface area contributed by atoms with Crippen molar-refractivity contribution in [1.82, 2.24) is 26.2 Å². The highest BCUT2D eigenvalue weighted by atomic mass is 16.8. The molecule has 6 aliphatic rings. The lowest BCUT2D eigenvalue weighted by Gasteiger charge is -2.48. The van der Waals surface area contributed by atoms with Gasteiger partial charge in [-0.2, -0.15) is 0 Å². The summed E-state index contributed by atoms with van der Waals surface area (Å²) in [6, 6.07) is 1.79. The number of ether oxygens (including phenoxy) is 16. The van der Waals surface area contributed by atoms with Crippen LogP contribution in [0.5, 0.6) is 0 Å². The number of Topliss-reactive ketones (excluding diaryl/α,β-unsaturated/α-hetero) is 1. The maximum Gasteiger partial charge on any atom is 0.408 e. The molecule has 4 N–H and O–H groups in total. The minimum Gasteiger partial charge on any atom is -0.459 e. The molecule has 564 valence electrons. The molecule has 0 spiro atoms. The normalized spacial score (nSPS) is 30.4. The number of epoxide rings is 1. The van der Waals surface area contributed by atoms with Crippen LogP contribution in [0.1, 0.15) is 184 Å². The molecule has 7 rings (SSSR count). The van der Waals surface area contributed by atoms with E-state index in [1.54, 1.807) is 109 Å². The van der Waals surface area contributed by atoms with E-state index in [0.29, 0.717) is 0 Å². The summed E-state index contributed by atoms with van der Waals surface area (Å²) < 4.78 is 99.3. The number of benzene rings is 1. The maximum atomic E-state index is 15.0. The number of hydrogen-bond donors (Lipinski definition) is 4. The van der Waals surface area contributed by atoms with E-state index < -0.39 is 236 Å². The van der Waals surface area contributed by atoms with Crippen LogP contribution in [0, 0.1) is 5.92 Å². The first-order valence-electron chi connectivity index (χ1n) is 33.8. The van der Waals surface area contributed by atoms with Gasteiger partial charge in [0.15, 0.2) is 49.1 Å². The van der Waals surface area contributed by atoms with Gasteiger partial charge in [0, 0.05) is 59.9 Å². The van der Waals surface area contributed by atoms with E-state index in [-0.39, 0.29) is 36.9 Å². The van der Waals surface area contributed by atoms with Crippen LogP contribution >= 0.6 is 0 Å². The van der Waals surface area contributed by atoms with E-state index >= 15 is 0 Å². The number of amides is 6. The molecule has 5 heterocycles. The molecule has 20 atom stereocenters. The van der Waals surface area contributed by atoms with E-state index in [1.807, 2.05) is 0 Å². The number of carbonyl (C=O) groups excluding carboxylic acids is 12. The van der Waals surface area contributed by atoms with Gasteiger partial charge >= 0.3 is 54.2 Å². The molecule has 4 saturated heterocycles. The van der Waals surface area contributed by atoms with Crippen molar-refractivity contribution in [2.75, 3.05) is 13.1 Å². The summed E-state index contributed by atoms with van der Waals surface area (Å²) >= 11 is 0. The van der Waals surface area contributed by atoms with Crippen LogP contribution in [-0.2, 0) is 105 Å². The fourth-order valence-electron chi connectivity index (χ4n) is 12.6. The van der Waals surface area contributed by atoms with Crippen LogP contribution in [0.4, 0.5) is 19.2 Å². The SMILES string of the molecule is CC[C@@H]1O[C@H](O[C@H]2[C@@H](OC(C)=O)[C@H](O[C@@H]3[C@@H](OC(C)=O)[C@H](CC(=O)[C@H](CCNC(=O)OC(C)(C)C)OC(C)=O)C[C@H](NC(=O)OC(C)(C)C)[C@H]3O[C@H]3O[C@H](CN4C(=O)c5ccccc5C4=O)[C@@H]4O[C@@H]4[C@H]3NC(=O)OC(C)(C)C)O[C@@H]2CC)[C@H](NC(=O)OC(C)(C)C)[C@@H](OC(C)=O)[C@@H]1OC(C)=O. The van der Waals surface area contributed by atoms with Gasteiger partial charge in [0.05, 0.1) is 29.8 Å². The molecule has 1 aliphatic carbocycles. The molecular weight excluding hydrogens is 1330 g/mol. The number of nitrogens with one attached hydrogen (secondary N) is 4. The fourth-order valence-corrected chi connectivity index (χ4v) is 12.6.